The molecule has 1 fully saturated rings. The molecule has 0 aliphatic carbocycles. The highest BCUT2D eigenvalue weighted by molar-refractivity contribution is 7.91. The van der Waals surface area contributed by atoms with Crippen molar-refractivity contribution in [3.05, 3.63) is 63.2 Å². The highest BCUT2D eigenvalue weighted by atomic mass is 35.5. The van der Waals surface area contributed by atoms with Gasteiger partial charge in [-0.2, -0.15) is 0 Å². The normalized spacial score (nSPS) is 18.2. The zero-order chi connectivity index (χ0) is 23.9. The van der Waals surface area contributed by atoms with E-state index in [2.05, 4.69) is 5.32 Å². The summed E-state index contributed by atoms with van der Waals surface area (Å²) in [6, 6.07) is 8.18. The summed E-state index contributed by atoms with van der Waals surface area (Å²) < 4.78 is 49.0. The molecule has 10 heteroatoms. The predicted molar refractivity (Wildman–Crippen MR) is 123 cm³/mol. The third kappa shape index (κ3) is 4.74. The van der Waals surface area contributed by atoms with E-state index in [0.717, 1.165) is 0 Å². The topological polar surface area (TPSA) is 103 Å². The van der Waals surface area contributed by atoms with Crippen LogP contribution in [0.4, 0.5) is 4.39 Å². The Bertz CT molecular complexity index is 1400. The summed E-state index contributed by atoms with van der Waals surface area (Å²) in [5.74, 6) is -0.643. The number of benzene rings is 2. The van der Waals surface area contributed by atoms with Gasteiger partial charge in [-0.15, -0.1) is 0 Å². The molecule has 1 amide bonds. The average molecular weight is 494 g/mol. The second kappa shape index (κ2) is 8.79. The third-order valence-electron chi connectivity index (χ3n) is 5.51. The summed E-state index contributed by atoms with van der Waals surface area (Å²) in [6.45, 7) is 3.08. The maximum Gasteiger partial charge on any atom is 0.261 e. The van der Waals surface area contributed by atoms with Crippen LogP contribution in [-0.4, -0.2) is 38.0 Å². The van der Waals surface area contributed by atoms with E-state index < -0.39 is 39.1 Å². The maximum absolute atomic E-state index is 14.4. The number of hydrogen-bond acceptors (Lipinski definition) is 6. The molecule has 0 spiro atoms. The van der Waals surface area contributed by atoms with Crippen molar-refractivity contribution in [3.8, 4) is 16.9 Å². The van der Waals surface area contributed by atoms with Crippen molar-refractivity contribution in [2.24, 2.45) is 0 Å². The predicted octanol–water partition coefficient (Wildman–Crippen LogP) is 3.63. The molecule has 1 aliphatic heterocycles. The Kier molecular flexibility index (Phi) is 6.20. The largest absolute Gasteiger partial charge is 0.481 e. The highest BCUT2D eigenvalue weighted by Crippen LogP contribution is 2.33. The molecule has 7 nitrogen and oxygen atoms in total. The number of amides is 1. The van der Waals surface area contributed by atoms with Gasteiger partial charge in [-0.25, -0.2) is 12.8 Å². The van der Waals surface area contributed by atoms with Crippen LogP contribution in [-0.2, 0) is 14.6 Å². The lowest BCUT2D eigenvalue weighted by Crippen LogP contribution is -2.43. The first-order valence-corrected chi connectivity index (χ1v) is 12.4. The number of carbonyl (C=O) groups excluding carboxylic acids is 1. The molecule has 1 aromatic heterocycles. The standard InChI is InChI=1S/C23H21ClFNO6S/c1-12-20(21-17(24)4-3-5-18(21)25)22(27)16-7-6-15(10-19(16)32-12)31-13(2)23(28)26-14-8-9-33(29,30)11-14/h3-7,10,13-14H,8-9,11H2,1-2H3,(H,26,28). The first kappa shape index (κ1) is 23.3. The minimum atomic E-state index is -3.12. The van der Waals surface area contributed by atoms with Gasteiger partial charge in [0.05, 0.1) is 27.5 Å². The summed E-state index contributed by atoms with van der Waals surface area (Å²) in [5, 5.41) is 2.98. The number of rotatable bonds is 5. The quantitative estimate of drug-likeness (QED) is 0.582. The molecule has 0 bridgehead atoms. The van der Waals surface area contributed by atoms with E-state index in [0.29, 0.717) is 6.42 Å². The number of sulfone groups is 1. The second-order valence-corrected chi connectivity index (χ2v) is 10.6. The molecule has 1 saturated heterocycles. The zero-order valence-corrected chi connectivity index (χ0v) is 19.4. The third-order valence-corrected chi connectivity index (χ3v) is 7.60. The molecule has 0 saturated carbocycles. The van der Waals surface area contributed by atoms with Crippen molar-refractivity contribution in [2.45, 2.75) is 32.4 Å². The average Bonchev–Trinajstić information content (AvgIpc) is 3.08. The van der Waals surface area contributed by atoms with E-state index in [1.54, 1.807) is 0 Å². The van der Waals surface area contributed by atoms with Crippen LogP contribution in [0.2, 0.25) is 5.02 Å². The summed E-state index contributed by atoms with van der Waals surface area (Å²) in [5.41, 5.74) is -0.216. The van der Waals surface area contributed by atoms with Gasteiger partial charge in [-0.3, -0.25) is 9.59 Å². The fraction of sp³-hybridized carbons (Fsp3) is 0.304. The molecular weight excluding hydrogens is 473 g/mol. The number of halogens is 2. The number of fused-ring (bicyclic) bond motifs is 1. The fourth-order valence-electron chi connectivity index (χ4n) is 3.87. The first-order chi connectivity index (χ1) is 15.6. The second-order valence-electron chi connectivity index (χ2n) is 7.99. The number of carbonyl (C=O) groups is 1. The molecule has 2 atom stereocenters. The molecule has 0 radical (unpaired) electrons. The van der Waals surface area contributed by atoms with Crippen LogP contribution in [0.5, 0.6) is 5.75 Å². The van der Waals surface area contributed by atoms with Gasteiger partial charge in [0.15, 0.2) is 15.9 Å². The molecule has 3 aromatic rings. The Morgan fingerprint density at radius 2 is 2.03 bits per heavy atom. The summed E-state index contributed by atoms with van der Waals surface area (Å²) in [4.78, 5) is 25.5. The summed E-state index contributed by atoms with van der Waals surface area (Å²) >= 11 is 6.14. The van der Waals surface area contributed by atoms with Crippen LogP contribution >= 0.6 is 11.6 Å². The monoisotopic (exact) mass is 493 g/mol. The molecule has 174 valence electrons. The Morgan fingerprint density at radius 3 is 2.70 bits per heavy atom. The number of nitrogens with one attached hydrogen (secondary N) is 1. The lowest BCUT2D eigenvalue weighted by molar-refractivity contribution is -0.127. The van der Waals surface area contributed by atoms with Gasteiger partial charge in [0, 0.05) is 17.7 Å². The van der Waals surface area contributed by atoms with Gasteiger partial charge in [0.2, 0.25) is 5.43 Å². The van der Waals surface area contributed by atoms with Crippen molar-refractivity contribution in [1.82, 2.24) is 5.32 Å². The highest BCUT2D eigenvalue weighted by Gasteiger charge is 2.30. The van der Waals surface area contributed by atoms with Crippen LogP contribution in [0.15, 0.2) is 45.6 Å². The lowest BCUT2D eigenvalue weighted by atomic mass is 10.0. The Morgan fingerprint density at radius 1 is 1.27 bits per heavy atom. The number of ether oxygens (including phenoxy) is 1. The van der Waals surface area contributed by atoms with Crippen molar-refractivity contribution >= 4 is 38.3 Å². The van der Waals surface area contributed by atoms with E-state index in [1.807, 2.05) is 0 Å². The number of hydrogen-bond donors (Lipinski definition) is 1. The minimum absolute atomic E-state index is 0.0214. The zero-order valence-electron chi connectivity index (χ0n) is 17.9. The summed E-state index contributed by atoms with van der Waals surface area (Å²) in [7, 11) is -3.12. The van der Waals surface area contributed by atoms with E-state index in [-0.39, 0.29) is 50.1 Å². The van der Waals surface area contributed by atoms with E-state index in [1.165, 1.54) is 50.2 Å². The molecule has 2 heterocycles. The Hall–Kier alpha value is -2.91. The SMILES string of the molecule is Cc1oc2cc(OC(C)C(=O)NC3CCS(=O)(=O)C3)ccc2c(=O)c1-c1c(F)cccc1Cl. The Balaban J connectivity index is 1.59. The van der Waals surface area contributed by atoms with E-state index >= 15 is 0 Å². The molecule has 4 rings (SSSR count). The molecule has 33 heavy (non-hydrogen) atoms. The van der Waals surface area contributed by atoms with Crippen LogP contribution in [0, 0.1) is 12.7 Å². The molecule has 1 aliphatic rings. The van der Waals surface area contributed by atoms with Crippen molar-refractivity contribution in [3.63, 3.8) is 0 Å². The van der Waals surface area contributed by atoms with Gasteiger partial charge < -0.3 is 14.5 Å². The van der Waals surface area contributed by atoms with Crippen molar-refractivity contribution in [1.29, 1.82) is 0 Å². The smallest absolute Gasteiger partial charge is 0.261 e. The van der Waals surface area contributed by atoms with E-state index in [9.17, 15) is 22.4 Å². The minimum Gasteiger partial charge on any atom is -0.481 e. The van der Waals surface area contributed by atoms with Gasteiger partial charge in [-0.1, -0.05) is 17.7 Å². The first-order valence-electron chi connectivity index (χ1n) is 10.2. The van der Waals surface area contributed by atoms with Crippen LogP contribution in [0.1, 0.15) is 19.1 Å². The number of aryl methyl sites for hydroxylation is 1. The Labute approximate surface area is 194 Å². The molecular formula is C23H21ClFNO6S. The molecule has 2 unspecified atom stereocenters. The van der Waals surface area contributed by atoms with Gasteiger partial charge >= 0.3 is 0 Å². The van der Waals surface area contributed by atoms with Gasteiger partial charge in [0.1, 0.15) is 22.9 Å². The maximum atomic E-state index is 14.4. The van der Waals surface area contributed by atoms with Gasteiger partial charge in [-0.05, 0) is 44.5 Å². The van der Waals surface area contributed by atoms with Crippen LogP contribution in [0.25, 0.3) is 22.1 Å². The molecule has 2 aromatic carbocycles. The fourth-order valence-corrected chi connectivity index (χ4v) is 5.80. The van der Waals surface area contributed by atoms with Crippen LogP contribution in [0.3, 0.4) is 0 Å². The van der Waals surface area contributed by atoms with Gasteiger partial charge in [0.25, 0.3) is 5.91 Å². The summed E-state index contributed by atoms with van der Waals surface area (Å²) in [6.07, 6.45) is -0.537. The van der Waals surface area contributed by atoms with Crippen molar-refractivity contribution in [2.75, 3.05) is 11.5 Å². The van der Waals surface area contributed by atoms with E-state index in [4.69, 9.17) is 20.8 Å². The van der Waals surface area contributed by atoms with Crippen LogP contribution < -0.4 is 15.5 Å². The van der Waals surface area contributed by atoms with Crippen molar-refractivity contribution < 1.29 is 26.8 Å². The lowest BCUT2D eigenvalue weighted by Gasteiger charge is -2.17. The molecule has 1 N–H and O–H groups in total.